The molecule has 1 atom stereocenters. The van der Waals surface area contributed by atoms with Gasteiger partial charge in [-0.15, -0.1) is 0 Å². The molecule has 0 saturated carbocycles. The predicted molar refractivity (Wildman–Crippen MR) is 114 cm³/mol. The molecular weight excluding hydrogens is 392 g/mol. The summed E-state index contributed by atoms with van der Waals surface area (Å²) in [7, 11) is -0.430. The summed E-state index contributed by atoms with van der Waals surface area (Å²) in [6, 6.07) is 13.5. The molecule has 0 spiro atoms. The van der Waals surface area contributed by atoms with Crippen LogP contribution in [0.2, 0.25) is 0 Å². The van der Waals surface area contributed by atoms with Crippen LogP contribution in [0.4, 0.5) is 5.69 Å². The van der Waals surface area contributed by atoms with Gasteiger partial charge in [-0.2, -0.15) is 0 Å². The van der Waals surface area contributed by atoms with Gasteiger partial charge in [-0.25, -0.2) is 8.42 Å². The molecule has 0 saturated heterocycles. The number of nitrogens with one attached hydrogen (secondary N) is 1. The van der Waals surface area contributed by atoms with Crippen molar-refractivity contribution in [3.8, 4) is 11.5 Å². The second-order valence-corrected chi connectivity index (χ2v) is 8.51. The van der Waals surface area contributed by atoms with Gasteiger partial charge in [0.1, 0.15) is 6.04 Å². The van der Waals surface area contributed by atoms with Gasteiger partial charge in [-0.1, -0.05) is 24.3 Å². The van der Waals surface area contributed by atoms with E-state index in [0.29, 0.717) is 30.2 Å². The first-order valence-electron chi connectivity index (χ1n) is 9.31. The first-order chi connectivity index (χ1) is 13.8. The van der Waals surface area contributed by atoms with E-state index < -0.39 is 16.1 Å². The Balaban J connectivity index is 1.94. The average molecular weight is 421 g/mol. The SMILES string of the molecule is COc1ccc(CCCNC(=O)[C@H](C)N(c2ccccc2)S(C)(=O)=O)cc1OC. The minimum Gasteiger partial charge on any atom is -0.493 e. The number of rotatable bonds is 10. The van der Waals surface area contributed by atoms with E-state index in [1.165, 1.54) is 0 Å². The van der Waals surface area contributed by atoms with Crippen molar-refractivity contribution < 1.29 is 22.7 Å². The van der Waals surface area contributed by atoms with Crippen LogP contribution in [0.3, 0.4) is 0 Å². The second-order valence-electron chi connectivity index (χ2n) is 6.65. The number of hydrogen-bond donors (Lipinski definition) is 1. The van der Waals surface area contributed by atoms with E-state index in [-0.39, 0.29) is 5.91 Å². The number of para-hydroxylation sites is 1. The summed E-state index contributed by atoms with van der Waals surface area (Å²) in [4.78, 5) is 12.5. The Kier molecular flexibility index (Phi) is 7.90. The number of ether oxygens (including phenoxy) is 2. The van der Waals surface area contributed by atoms with Gasteiger partial charge in [-0.3, -0.25) is 9.10 Å². The fourth-order valence-corrected chi connectivity index (χ4v) is 4.25. The molecule has 1 N–H and O–H groups in total. The first kappa shape index (κ1) is 22.5. The van der Waals surface area contributed by atoms with E-state index >= 15 is 0 Å². The third-order valence-electron chi connectivity index (χ3n) is 4.49. The maximum Gasteiger partial charge on any atom is 0.243 e. The van der Waals surface area contributed by atoms with Gasteiger partial charge in [0, 0.05) is 6.54 Å². The van der Waals surface area contributed by atoms with Crippen molar-refractivity contribution in [1.29, 1.82) is 0 Å². The molecule has 0 aromatic heterocycles. The van der Waals surface area contributed by atoms with Crippen LogP contribution in [0, 0.1) is 0 Å². The summed E-state index contributed by atoms with van der Waals surface area (Å²) >= 11 is 0. The number of hydrogen-bond acceptors (Lipinski definition) is 5. The Morgan fingerprint density at radius 1 is 1.07 bits per heavy atom. The van der Waals surface area contributed by atoms with Crippen LogP contribution in [0.5, 0.6) is 11.5 Å². The van der Waals surface area contributed by atoms with E-state index in [1.807, 2.05) is 18.2 Å². The molecule has 1 amide bonds. The van der Waals surface area contributed by atoms with Gasteiger partial charge in [0.15, 0.2) is 11.5 Å². The molecule has 29 heavy (non-hydrogen) atoms. The van der Waals surface area contributed by atoms with Crippen LogP contribution < -0.4 is 19.1 Å². The molecule has 0 aliphatic heterocycles. The van der Waals surface area contributed by atoms with Crippen molar-refractivity contribution in [2.45, 2.75) is 25.8 Å². The number of methoxy groups -OCH3 is 2. The summed E-state index contributed by atoms with van der Waals surface area (Å²) in [5, 5.41) is 2.83. The first-order valence-corrected chi connectivity index (χ1v) is 11.2. The molecule has 0 aliphatic rings. The average Bonchev–Trinajstić information content (AvgIpc) is 2.70. The summed E-state index contributed by atoms with van der Waals surface area (Å²) in [5.41, 5.74) is 1.52. The molecule has 0 radical (unpaired) electrons. The Bertz CT molecular complexity index is 916. The van der Waals surface area contributed by atoms with Gasteiger partial charge >= 0.3 is 0 Å². The molecule has 2 aromatic rings. The number of carbonyl (C=O) groups is 1. The molecule has 0 aliphatic carbocycles. The fraction of sp³-hybridized carbons (Fsp3) is 0.381. The third kappa shape index (κ3) is 6.12. The van der Waals surface area contributed by atoms with E-state index in [1.54, 1.807) is 51.5 Å². The van der Waals surface area contributed by atoms with E-state index in [2.05, 4.69) is 5.32 Å². The zero-order chi connectivity index (χ0) is 21.4. The third-order valence-corrected chi connectivity index (χ3v) is 5.73. The number of amides is 1. The lowest BCUT2D eigenvalue weighted by molar-refractivity contribution is -0.121. The van der Waals surface area contributed by atoms with E-state index in [0.717, 1.165) is 22.5 Å². The van der Waals surface area contributed by atoms with Crippen molar-refractivity contribution in [1.82, 2.24) is 5.32 Å². The fourth-order valence-electron chi connectivity index (χ4n) is 3.07. The molecule has 0 heterocycles. The molecule has 0 fully saturated rings. The number of nitrogens with zero attached hydrogens (tertiary/aromatic N) is 1. The van der Waals surface area contributed by atoms with Crippen LogP contribution in [0.1, 0.15) is 18.9 Å². The standard InChI is InChI=1S/C21H28N2O5S/c1-16(23(29(4,25)26)18-10-6-5-7-11-18)21(24)22-14-8-9-17-12-13-19(27-2)20(15-17)28-3/h5-7,10-13,15-16H,8-9,14H2,1-4H3,(H,22,24)/t16-/m0/s1. The Labute approximate surface area is 172 Å². The van der Waals surface area contributed by atoms with Gasteiger partial charge in [0.25, 0.3) is 0 Å². The number of anilines is 1. The minimum absolute atomic E-state index is 0.341. The van der Waals surface area contributed by atoms with Gasteiger partial charge in [-0.05, 0) is 49.6 Å². The zero-order valence-electron chi connectivity index (χ0n) is 17.2. The zero-order valence-corrected chi connectivity index (χ0v) is 18.0. The number of carbonyl (C=O) groups excluding carboxylic acids is 1. The number of aryl methyl sites for hydroxylation is 1. The summed E-state index contributed by atoms with van der Waals surface area (Å²) in [5.74, 6) is 0.987. The van der Waals surface area contributed by atoms with Crippen molar-refractivity contribution in [3.63, 3.8) is 0 Å². The molecule has 8 heteroatoms. The number of benzene rings is 2. The lowest BCUT2D eigenvalue weighted by Gasteiger charge is -2.28. The van der Waals surface area contributed by atoms with E-state index in [9.17, 15) is 13.2 Å². The lowest BCUT2D eigenvalue weighted by Crippen LogP contribution is -2.48. The van der Waals surface area contributed by atoms with Gasteiger partial charge in [0.05, 0.1) is 26.2 Å². The van der Waals surface area contributed by atoms with Gasteiger partial charge in [0.2, 0.25) is 15.9 Å². The topological polar surface area (TPSA) is 84.9 Å². The largest absolute Gasteiger partial charge is 0.493 e. The minimum atomic E-state index is -3.60. The maximum absolute atomic E-state index is 12.5. The summed E-state index contributed by atoms with van der Waals surface area (Å²) < 4.78 is 36.1. The van der Waals surface area contributed by atoms with Crippen molar-refractivity contribution >= 4 is 21.6 Å². The van der Waals surface area contributed by atoms with Crippen molar-refractivity contribution in [3.05, 3.63) is 54.1 Å². The highest BCUT2D eigenvalue weighted by atomic mass is 32.2. The summed E-state index contributed by atoms with van der Waals surface area (Å²) in [6.07, 6.45) is 2.54. The predicted octanol–water partition coefficient (Wildman–Crippen LogP) is 2.61. The second kappa shape index (κ2) is 10.2. The lowest BCUT2D eigenvalue weighted by atomic mass is 10.1. The van der Waals surface area contributed by atoms with Crippen LogP contribution in [0.15, 0.2) is 48.5 Å². The Morgan fingerprint density at radius 3 is 2.31 bits per heavy atom. The highest BCUT2D eigenvalue weighted by Gasteiger charge is 2.28. The molecule has 2 rings (SSSR count). The summed E-state index contributed by atoms with van der Waals surface area (Å²) in [6.45, 7) is 2.02. The van der Waals surface area contributed by atoms with Crippen LogP contribution in [0.25, 0.3) is 0 Å². The molecule has 0 bridgehead atoms. The van der Waals surface area contributed by atoms with Crippen molar-refractivity contribution in [2.24, 2.45) is 0 Å². The van der Waals surface area contributed by atoms with Crippen LogP contribution >= 0.6 is 0 Å². The van der Waals surface area contributed by atoms with Crippen LogP contribution in [-0.4, -0.2) is 47.4 Å². The quantitative estimate of drug-likeness (QED) is 0.597. The molecule has 158 valence electrons. The van der Waals surface area contributed by atoms with Gasteiger partial charge < -0.3 is 14.8 Å². The number of sulfonamides is 1. The normalized spacial score (nSPS) is 12.1. The maximum atomic E-state index is 12.5. The van der Waals surface area contributed by atoms with Crippen molar-refractivity contribution in [2.75, 3.05) is 31.3 Å². The highest BCUT2D eigenvalue weighted by molar-refractivity contribution is 7.92. The smallest absolute Gasteiger partial charge is 0.243 e. The Hall–Kier alpha value is -2.74. The van der Waals surface area contributed by atoms with Crippen LogP contribution in [-0.2, 0) is 21.2 Å². The molecular formula is C21H28N2O5S. The molecule has 0 unspecified atom stereocenters. The van der Waals surface area contributed by atoms with E-state index in [4.69, 9.17) is 9.47 Å². The molecule has 2 aromatic carbocycles. The highest BCUT2D eigenvalue weighted by Crippen LogP contribution is 2.28. The molecule has 7 nitrogen and oxygen atoms in total. The monoisotopic (exact) mass is 420 g/mol. The Morgan fingerprint density at radius 2 is 1.72 bits per heavy atom.